The monoisotopic (exact) mass is 430 g/mol. The van der Waals surface area contributed by atoms with Crippen LogP contribution in [0.15, 0.2) is 24.3 Å². The van der Waals surface area contributed by atoms with Gasteiger partial charge in [0.25, 0.3) is 5.91 Å². The molecule has 3 rings (SSSR count). The highest BCUT2D eigenvalue weighted by molar-refractivity contribution is 6.09. The predicted molar refractivity (Wildman–Crippen MR) is 113 cm³/mol. The summed E-state index contributed by atoms with van der Waals surface area (Å²) in [6, 6.07) is 6.99. The number of carbonyl (C=O) groups excluding carboxylic acids is 4. The normalized spacial score (nSPS) is 21.5. The Morgan fingerprint density at radius 3 is 2.19 bits per heavy atom. The molecule has 1 aromatic rings. The summed E-state index contributed by atoms with van der Waals surface area (Å²) in [5.74, 6) is -0.422. The summed E-state index contributed by atoms with van der Waals surface area (Å²) in [4.78, 5) is 54.2. The largest absolute Gasteiger partial charge is 0.450 e. The van der Waals surface area contributed by atoms with Crippen molar-refractivity contribution in [1.82, 2.24) is 20.0 Å². The lowest BCUT2D eigenvalue weighted by Crippen LogP contribution is -2.53. The fourth-order valence-corrected chi connectivity index (χ4v) is 3.83. The summed E-state index contributed by atoms with van der Waals surface area (Å²) in [7, 11) is 0. The van der Waals surface area contributed by atoms with Crippen molar-refractivity contribution < 1.29 is 23.9 Å². The second-order valence-electron chi connectivity index (χ2n) is 8.29. The summed E-state index contributed by atoms with van der Waals surface area (Å²) >= 11 is 0. The van der Waals surface area contributed by atoms with E-state index in [-0.39, 0.29) is 12.5 Å². The minimum atomic E-state index is -1.21. The van der Waals surface area contributed by atoms with Gasteiger partial charge in [-0.25, -0.2) is 9.59 Å². The first-order chi connectivity index (χ1) is 14.7. The van der Waals surface area contributed by atoms with Crippen LogP contribution in [-0.4, -0.2) is 78.0 Å². The highest BCUT2D eigenvalue weighted by Crippen LogP contribution is 2.30. The van der Waals surface area contributed by atoms with Crippen LogP contribution in [0, 0.1) is 0 Å². The number of nitrogens with zero attached hydrogens (tertiary/aromatic N) is 3. The Labute approximate surface area is 182 Å². The molecular weight excluding hydrogens is 400 g/mol. The Morgan fingerprint density at radius 1 is 1.06 bits per heavy atom. The molecule has 0 bridgehead atoms. The molecule has 0 radical (unpaired) electrons. The molecule has 1 unspecified atom stereocenters. The Balaban J connectivity index is 1.63. The van der Waals surface area contributed by atoms with E-state index in [0.717, 1.165) is 10.5 Å². The van der Waals surface area contributed by atoms with Gasteiger partial charge in [-0.05, 0) is 30.9 Å². The zero-order valence-corrected chi connectivity index (χ0v) is 18.5. The summed E-state index contributed by atoms with van der Waals surface area (Å²) in [5.41, 5.74) is 0.599. The molecular formula is C22H30N4O5. The van der Waals surface area contributed by atoms with E-state index in [1.54, 1.807) is 23.6 Å². The fraction of sp³-hybridized carbons (Fsp3) is 0.545. The van der Waals surface area contributed by atoms with E-state index in [1.165, 1.54) is 0 Å². The van der Waals surface area contributed by atoms with Gasteiger partial charge >= 0.3 is 12.1 Å². The third kappa shape index (κ3) is 4.50. The number of amides is 5. The molecule has 168 valence electrons. The zero-order valence-electron chi connectivity index (χ0n) is 18.5. The highest BCUT2D eigenvalue weighted by atomic mass is 16.6. The summed E-state index contributed by atoms with van der Waals surface area (Å²) in [6.45, 7) is 8.88. The van der Waals surface area contributed by atoms with Crippen molar-refractivity contribution in [3.63, 3.8) is 0 Å². The number of hydrogen-bond acceptors (Lipinski definition) is 5. The summed E-state index contributed by atoms with van der Waals surface area (Å²) in [6.07, 6.45) is -0.400. The average molecular weight is 431 g/mol. The second-order valence-corrected chi connectivity index (χ2v) is 8.29. The van der Waals surface area contributed by atoms with Gasteiger partial charge in [0, 0.05) is 26.2 Å². The average Bonchev–Trinajstić information content (AvgIpc) is 2.98. The van der Waals surface area contributed by atoms with Crippen LogP contribution in [0.3, 0.4) is 0 Å². The number of piperazine rings is 1. The van der Waals surface area contributed by atoms with E-state index < -0.39 is 23.6 Å². The lowest BCUT2D eigenvalue weighted by atomic mass is 9.90. The van der Waals surface area contributed by atoms with E-state index in [0.29, 0.717) is 44.3 Å². The Hall–Kier alpha value is -3.10. The van der Waals surface area contributed by atoms with Gasteiger partial charge in [-0.3, -0.25) is 14.5 Å². The number of ether oxygens (including phenoxy) is 1. The van der Waals surface area contributed by atoms with Gasteiger partial charge in [-0.1, -0.05) is 38.1 Å². The third-order valence-corrected chi connectivity index (χ3v) is 5.88. The van der Waals surface area contributed by atoms with Crippen LogP contribution in [0.1, 0.15) is 44.7 Å². The molecule has 2 saturated heterocycles. The molecule has 31 heavy (non-hydrogen) atoms. The molecule has 1 atom stereocenters. The van der Waals surface area contributed by atoms with E-state index >= 15 is 0 Å². The van der Waals surface area contributed by atoms with Crippen molar-refractivity contribution in [2.24, 2.45) is 0 Å². The zero-order chi connectivity index (χ0) is 22.8. The van der Waals surface area contributed by atoms with Gasteiger partial charge in [-0.2, -0.15) is 0 Å². The molecule has 5 amide bonds. The molecule has 2 fully saturated rings. The topological polar surface area (TPSA) is 99.3 Å². The quantitative estimate of drug-likeness (QED) is 0.719. The van der Waals surface area contributed by atoms with Crippen molar-refractivity contribution in [1.29, 1.82) is 0 Å². The Bertz CT molecular complexity index is 861. The van der Waals surface area contributed by atoms with Crippen LogP contribution in [0.25, 0.3) is 0 Å². The fourth-order valence-electron chi connectivity index (χ4n) is 3.83. The molecule has 9 heteroatoms. The number of hydrogen-bond donors (Lipinski definition) is 1. The molecule has 0 saturated carbocycles. The van der Waals surface area contributed by atoms with Gasteiger partial charge in [0.15, 0.2) is 0 Å². The number of nitrogens with one attached hydrogen (secondary N) is 1. The Morgan fingerprint density at radius 2 is 1.65 bits per heavy atom. The van der Waals surface area contributed by atoms with Gasteiger partial charge in [0.1, 0.15) is 12.1 Å². The van der Waals surface area contributed by atoms with Crippen molar-refractivity contribution in [2.75, 3.05) is 39.3 Å². The maximum atomic E-state index is 13.1. The second kappa shape index (κ2) is 8.95. The molecule has 2 aliphatic heterocycles. The maximum Gasteiger partial charge on any atom is 0.409 e. The van der Waals surface area contributed by atoms with Crippen molar-refractivity contribution in [2.45, 2.75) is 39.2 Å². The van der Waals surface area contributed by atoms with Gasteiger partial charge in [-0.15, -0.1) is 0 Å². The highest BCUT2D eigenvalue weighted by Gasteiger charge is 2.49. The first-order valence-electron chi connectivity index (χ1n) is 10.6. The van der Waals surface area contributed by atoms with Crippen LogP contribution in [0.5, 0.6) is 0 Å². The third-order valence-electron chi connectivity index (χ3n) is 5.88. The van der Waals surface area contributed by atoms with Gasteiger partial charge < -0.3 is 19.9 Å². The van der Waals surface area contributed by atoms with E-state index in [4.69, 9.17) is 4.74 Å². The smallest absolute Gasteiger partial charge is 0.409 e. The van der Waals surface area contributed by atoms with Crippen molar-refractivity contribution >= 4 is 23.9 Å². The van der Waals surface area contributed by atoms with E-state index in [2.05, 4.69) is 19.2 Å². The van der Waals surface area contributed by atoms with Crippen molar-refractivity contribution in [3.05, 3.63) is 35.4 Å². The molecule has 2 aliphatic rings. The SMILES string of the molecule is CCOC(=O)N1CCN(C(=O)CN2C(=O)NC(C)(c3ccc(C(C)C)cc3)C2=O)CC1. The molecule has 9 nitrogen and oxygen atoms in total. The van der Waals surface area contributed by atoms with Crippen LogP contribution in [0.4, 0.5) is 9.59 Å². The predicted octanol–water partition coefficient (Wildman–Crippen LogP) is 1.88. The number of benzene rings is 1. The molecule has 0 spiro atoms. The van der Waals surface area contributed by atoms with Crippen LogP contribution >= 0.6 is 0 Å². The maximum absolute atomic E-state index is 13.1. The molecule has 1 aromatic carbocycles. The van der Waals surface area contributed by atoms with Gasteiger partial charge in [0.2, 0.25) is 5.91 Å². The Kier molecular flexibility index (Phi) is 6.52. The number of imide groups is 1. The number of carbonyl (C=O) groups is 4. The number of urea groups is 1. The van der Waals surface area contributed by atoms with Crippen LogP contribution in [-0.2, 0) is 19.9 Å². The first kappa shape index (κ1) is 22.6. The van der Waals surface area contributed by atoms with E-state index in [9.17, 15) is 19.2 Å². The van der Waals surface area contributed by atoms with Crippen molar-refractivity contribution in [3.8, 4) is 0 Å². The lowest BCUT2D eigenvalue weighted by molar-refractivity contribution is -0.139. The van der Waals surface area contributed by atoms with E-state index in [1.807, 2.05) is 24.3 Å². The van der Waals surface area contributed by atoms with Crippen LogP contribution < -0.4 is 5.32 Å². The summed E-state index contributed by atoms with van der Waals surface area (Å²) in [5, 5.41) is 2.74. The van der Waals surface area contributed by atoms with Crippen LogP contribution in [0.2, 0.25) is 0 Å². The standard InChI is InChI=1S/C22H30N4O5/c1-5-31-21(30)25-12-10-24(11-13-25)18(27)14-26-19(28)22(4,23-20(26)29)17-8-6-16(7-9-17)15(2)3/h6-9,15H,5,10-14H2,1-4H3,(H,23,29). The number of rotatable bonds is 5. The first-order valence-corrected chi connectivity index (χ1v) is 10.6. The minimum Gasteiger partial charge on any atom is -0.450 e. The molecule has 2 heterocycles. The summed E-state index contributed by atoms with van der Waals surface area (Å²) < 4.78 is 4.98. The minimum absolute atomic E-state index is 0.295. The molecule has 0 aromatic heterocycles. The van der Waals surface area contributed by atoms with Gasteiger partial charge in [0.05, 0.1) is 6.61 Å². The molecule has 1 N–H and O–H groups in total. The molecule has 0 aliphatic carbocycles. The lowest BCUT2D eigenvalue weighted by Gasteiger charge is -2.34.